The monoisotopic (exact) mass is 175 g/mol. The number of benzene rings is 1. The first-order valence-corrected chi connectivity index (χ1v) is 4.36. The standard InChI is InChI=1S/C10H9NO2/c12-10-9-6(3-11-10)1-2-7-4-13-5-8(7)9/h1-2H,3-5H2,(H,11,12). The Hall–Kier alpha value is -1.35. The summed E-state index contributed by atoms with van der Waals surface area (Å²) in [6.07, 6.45) is 0. The highest BCUT2D eigenvalue weighted by molar-refractivity contribution is 6.00. The molecule has 0 saturated heterocycles. The molecule has 2 heterocycles. The molecule has 0 fully saturated rings. The van der Waals surface area contributed by atoms with Crippen molar-refractivity contribution in [3.8, 4) is 0 Å². The van der Waals surface area contributed by atoms with Crippen molar-refractivity contribution < 1.29 is 9.53 Å². The van der Waals surface area contributed by atoms with Gasteiger partial charge in [0.2, 0.25) is 0 Å². The topological polar surface area (TPSA) is 38.3 Å². The number of carbonyl (C=O) groups excluding carboxylic acids is 1. The molecule has 1 amide bonds. The molecule has 0 unspecified atom stereocenters. The maximum atomic E-state index is 11.5. The highest BCUT2D eigenvalue weighted by atomic mass is 16.5. The van der Waals surface area contributed by atoms with Crippen molar-refractivity contribution in [3.63, 3.8) is 0 Å². The number of amides is 1. The van der Waals surface area contributed by atoms with E-state index in [1.165, 1.54) is 0 Å². The highest BCUT2D eigenvalue weighted by Gasteiger charge is 2.26. The minimum absolute atomic E-state index is 0.0531. The molecular weight excluding hydrogens is 166 g/mol. The molecular formula is C10H9NO2. The molecule has 0 atom stereocenters. The van der Waals surface area contributed by atoms with Gasteiger partial charge in [-0.15, -0.1) is 0 Å². The minimum atomic E-state index is 0.0531. The van der Waals surface area contributed by atoms with Gasteiger partial charge in [-0.2, -0.15) is 0 Å². The van der Waals surface area contributed by atoms with E-state index in [2.05, 4.69) is 11.4 Å². The van der Waals surface area contributed by atoms with Crippen LogP contribution in [0.2, 0.25) is 0 Å². The Labute approximate surface area is 75.7 Å². The van der Waals surface area contributed by atoms with Gasteiger partial charge >= 0.3 is 0 Å². The smallest absolute Gasteiger partial charge is 0.252 e. The Morgan fingerprint density at radius 2 is 2.08 bits per heavy atom. The van der Waals surface area contributed by atoms with E-state index >= 15 is 0 Å². The second kappa shape index (κ2) is 2.33. The third kappa shape index (κ3) is 0.848. The predicted octanol–water partition coefficient (Wildman–Crippen LogP) is 0.960. The van der Waals surface area contributed by atoms with Crippen molar-refractivity contribution in [2.24, 2.45) is 0 Å². The molecule has 1 N–H and O–H groups in total. The van der Waals surface area contributed by atoms with Crippen molar-refractivity contribution in [1.82, 2.24) is 5.32 Å². The van der Waals surface area contributed by atoms with Gasteiger partial charge in [-0.1, -0.05) is 12.1 Å². The fourth-order valence-electron chi connectivity index (χ4n) is 2.00. The summed E-state index contributed by atoms with van der Waals surface area (Å²) in [5, 5.41) is 2.82. The number of nitrogens with one attached hydrogen (secondary N) is 1. The zero-order chi connectivity index (χ0) is 8.84. The van der Waals surface area contributed by atoms with Crippen LogP contribution in [0, 0.1) is 0 Å². The number of hydrogen-bond acceptors (Lipinski definition) is 2. The zero-order valence-corrected chi connectivity index (χ0v) is 7.09. The molecule has 3 nitrogen and oxygen atoms in total. The largest absolute Gasteiger partial charge is 0.372 e. The van der Waals surface area contributed by atoms with Gasteiger partial charge in [0, 0.05) is 6.54 Å². The summed E-state index contributed by atoms with van der Waals surface area (Å²) in [5.74, 6) is 0.0531. The SMILES string of the molecule is O=C1NCc2ccc3c(c21)COC3. The van der Waals surface area contributed by atoms with Gasteiger partial charge in [-0.05, 0) is 16.7 Å². The Balaban J connectivity index is 2.29. The average Bonchev–Trinajstić information content (AvgIpc) is 2.70. The third-order valence-corrected chi connectivity index (χ3v) is 2.67. The van der Waals surface area contributed by atoms with Crippen LogP contribution in [0.1, 0.15) is 27.0 Å². The lowest BCUT2D eigenvalue weighted by atomic mass is 10.00. The van der Waals surface area contributed by atoms with E-state index in [-0.39, 0.29) is 5.91 Å². The third-order valence-electron chi connectivity index (χ3n) is 2.67. The molecule has 3 heteroatoms. The maximum absolute atomic E-state index is 11.5. The summed E-state index contributed by atoms with van der Waals surface area (Å²) in [6, 6.07) is 4.07. The van der Waals surface area contributed by atoms with Gasteiger partial charge in [0.25, 0.3) is 5.91 Å². The van der Waals surface area contributed by atoms with E-state index in [0.29, 0.717) is 19.8 Å². The lowest BCUT2D eigenvalue weighted by Gasteiger charge is -2.01. The second-order valence-corrected chi connectivity index (χ2v) is 3.41. The normalized spacial score (nSPS) is 18.3. The van der Waals surface area contributed by atoms with Crippen molar-refractivity contribution >= 4 is 5.91 Å². The molecule has 66 valence electrons. The number of fused-ring (bicyclic) bond motifs is 3. The molecule has 1 aromatic carbocycles. The number of carbonyl (C=O) groups is 1. The Morgan fingerprint density at radius 1 is 1.23 bits per heavy atom. The van der Waals surface area contributed by atoms with Crippen LogP contribution in [-0.4, -0.2) is 5.91 Å². The number of rotatable bonds is 0. The van der Waals surface area contributed by atoms with Crippen LogP contribution in [0.3, 0.4) is 0 Å². The molecule has 0 aliphatic carbocycles. The molecule has 3 rings (SSSR count). The van der Waals surface area contributed by atoms with Gasteiger partial charge < -0.3 is 10.1 Å². The summed E-state index contributed by atoms with van der Waals surface area (Å²) in [4.78, 5) is 11.5. The summed E-state index contributed by atoms with van der Waals surface area (Å²) in [7, 11) is 0. The fraction of sp³-hybridized carbons (Fsp3) is 0.300. The quantitative estimate of drug-likeness (QED) is 0.637. The van der Waals surface area contributed by atoms with E-state index in [1.807, 2.05) is 6.07 Å². The molecule has 0 bridgehead atoms. The predicted molar refractivity (Wildman–Crippen MR) is 46.1 cm³/mol. The van der Waals surface area contributed by atoms with Gasteiger partial charge in [-0.25, -0.2) is 0 Å². The first-order chi connectivity index (χ1) is 6.36. The molecule has 2 aliphatic rings. The average molecular weight is 175 g/mol. The Bertz CT molecular complexity index is 398. The molecule has 2 aliphatic heterocycles. The summed E-state index contributed by atoms with van der Waals surface area (Å²) < 4.78 is 5.31. The Kier molecular flexibility index (Phi) is 1.27. The zero-order valence-electron chi connectivity index (χ0n) is 7.09. The maximum Gasteiger partial charge on any atom is 0.252 e. The van der Waals surface area contributed by atoms with Crippen LogP contribution in [0.15, 0.2) is 12.1 Å². The van der Waals surface area contributed by atoms with E-state index in [0.717, 1.165) is 22.3 Å². The van der Waals surface area contributed by atoms with E-state index in [1.54, 1.807) is 0 Å². The number of hydrogen-bond donors (Lipinski definition) is 1. The molecule has 0 spiro atoms. The van der Waals surface area contributed by atoms with Crippen LogP contribution in [0.5, 0.6) is 0 Å². The van der Waals surface area contributed by atoms with Crippen LogP contribution < -0.4 is 5.32 Å². The highest BCUT2D eigenvalue weighted by Crippen LogP contribution is 2.28. The van der Waals surface area contributed by atoms with Gasteiger partial charge in [-0.3, -0.25) is 4.79 Å². The van der Waals surface area contributed by atoms with Crippen molar-refractivity contribution in [2.75, 3.05) is 0 Å². The second-order valence-electron chi connectivity index (χ2n) is 3.41. The first-order valence-electron chi connectivity index (χ1n) is 4.36. The van der Waals surface area contributed by atoms with Crippen molar-refractivity contribution in [3.05, 3.63) is 34.4 Å². The van der Waals surface area contributed by atoms with Crippen LogP contribution in [0.4, 0.5) is 0 Å². The van der Waals surface area contributed by atoms with Crippen molar-refractivity contribution in [2.45, 2.75) is 19.8 Å². The van der Waals surface area contributed by atoms with E-state index < -0.39 is 0 Å². The molecule has 0 saturated carbocycles. The van der Waals surface area contributed by atoms with Crippen LogP contribution >= 0.6 is 0 Å². The van der Waals surface area contributed by atoms with Gasteiger partial charge in [0.05, 0.1) is 18.8 Å². The van der Waals surface area contributed by atoms with Crippen LogP contribution in [-0.2, 0) is 24.5 Å². The van der Waals surface area contributed by atoms with E-state index in [9.17, 15) is 4.79 Å². The molecule has 1 aromatic rings. The summed E-state index contributed by atoms with van der Waals surface area (Å²) in [5.41, 5.74) is 4.22. The van der Waals surface area contributed by atoms with Crippen molar-refractivity contribution in [1.29, 1.82) is 0 Å². The summed E-state index contributed by atoms with van der Waals surface area (Å²) in [6.45, 7) is 1.91. The Morgan fingerprint density at radius 3 is 3.00 bits per heavy atom. The van der Waals surface area contributed by atoms with Crippen LogP contribution in [0.25, 0.3) is 0 Å². The van der Waals surface area contributed by atoms with Gasteiger partial charge in [0.15, 0.2) is 0 Å². The van der Waals surface area contributed by atoms with Gasteiger partial charge in [0.1, 0.15) is 0 Å². The fourth-order valence-corrected chi connectivity index (χ4v) is 2.00. The lowest BCUT2D eigenvalue weighted by molar-refractivity contribution is 0.0961. The molecule has 0 aromatic heterocycles. The minimum Gasteiger partial charge on any atom is -0.372 e. The van der Waals surface area contributed by atoms with E-state index in [4.69, 9.17) is 4.74 Å². The lowest BCUT2D eigenvalue weighted by Crippen LogP contribution is -2.13. The molecule has 13 heavy (non-hydrogen) atoms. The summed E-state index contributed by atoms with van der Waals surface area (Å²) >= 11 is 0. The number of ether oxygens (including phenoxy) is 1. The first kappa shape index (κ1) is 7.09. The molecule has 0 radical (unpaired) electrons.